The predicted octanol–water partition coefficient (Wildman–Crippen LogP) is 1.86. The molecule has 2 aromatic rings. The van der Waals surface area contributed by atoms with Crippen molar-refractivity contribution in [2.75, 3.05) is 26.4 Å². The van der Waals surface area contributed by atoms with Crippen LogP contribution in [0.2, 0.25) is 0 Å². The highest BCUT2D eigenvalue weighted by Gasteiger charge is 2.15. The average molecular weight is 288 g/mol. The van der Waals surface area contributed by atoms with Gasteiger partial charge < -0.3 is 19.2 Å². The summed E-state index contributed by atoms with van der Waals surface area (Å²) in [6.07, 6.45) is 6.18. The van der Waals surface area contributed by atoms with E-state index in [1.54, 1.807) is 0 Å². The first-order valence-electron chi connectivity index (χ1n) is 7.37. The van der Waals surface area contributed by atoms with Gasteiger partial charge in [-0.1, -0.05) is 6.07 Å². The maximum Gasteiger partial charge on any atom is 0.252 e. The summed E-state index contributed by atoms with van der Waals surface area (Å²) in [4.78, 5) is 12.0. The molecule has 0 radical (unpaired) electrons. The van der Waals surface area contributed by atoms with Crippen LogP contribution in [0, 0.1) is 0 Å². The molecule has 1 atom stereocenters. The van der Waals surface area contributed by atoms with Gasteiger partial charge in [-0.3, -0.25) is 4.79 Å². The predicted molar refractivity (Wildman–Crippen MR) is 79.5 cm³/mol. The van der Waals surface area contributed by atoms with E-state index in [0.717, 1.165) is 25.0 Å². The molecule has 0 spiro atoms. The van der Waals surface area contributed by atoms with Crippen LogP contribution in [0.4, 0.5) is 0 Å². The minimum atomic E-state index is -0.0700. The molecule has 3 rings (SSSR count). The Morgan fingerprint density at radius 3 is 3.24 bits per heavy atom. The Morgan fingerprint density at radius 2 is 2.43 bits per heavy atom. The Labute approximate surface area is 123 Å². The van der Waals surface area contributed by atoms with Gasteiger partial charge in [0.25, 0.3) is 5.91 Å². The van der Waals surface area contributed by atoms with Crippen LogP contribution in [-0.4, -0.2) is 42.8 Å². The first-order valence-corrected chi connectivity index (χ1v) is 7.37. The molecular weight excluding hydrogens is 268 g/mol. The topological polar surface area (TPSA) is 52.0 Å². The van der Waals surface area contributed by atoms with Crippen molar-refractivity contribution in [2.45, 2.75) is 18.9 Å². The number of carbonyl (C=O) groups is 1. The number of pyridine rings is 1. The van der Waals surface area contributed by atoms with Crippen molar-refractivity contribution in [3.63, 3.8) is 0 Å². The number of nitrogens with zero attached hydrogens (tertiary/aromatic N) is 1. The van der Waals surface area contributed by atoms with E-state index in [1.807, 2.05) is 41.1 Å². The summed E-state index contributed by atoms with van der Waals surface area (Å²) in [5, 5.41) is 2.87. The highest BCUT2D eigenvalue weighted by molar-refractivity contribution is 5.95. The lowest BCUT2D eigenvalue weighted by Gasteiger charge is -2.10. The van der Waals surface area contributed by atoms with Crippen molar-refractivity contribution in [3.8, 4) is 0 Å². The Morgan fingerprint density at radius 1 is 1.48 bits per heavy atom. The fraction of sp³-hybridized carbons (Fsp3) is 0.438. The first-order chi connectivity index (χ1) is 10.3. The average Bonchev–Trinajstić information content (AvgIpc) is 3.15. The summed E-state index contributed by atoms with van der Waals surface area (Å²) in [6.45, 7) is 2.48. The highest BCUT2D eigenvalue weighted by atomic mass is 16.5. The summed E-state index contributed by atoms with van der Waals surface area (Å²) in [7, 11) is 0. The van der Waals surface area contributed by atoms with Crippen molar-refractivity contribution in [3.05, 3.63) is 42.2 Å². The van der Waals surface area contributed by atoms with Crippen LogP contribution in [-0.2, 0) is 9.47 Å². The lowest BCUT2D eigenvalue weighted by molar-refractivity contribution is 0.0183. The zero-order valence-electron chi connectivity index (χ0n) is 12.0. The maximum atomic E-state index is 12.0. The number of aromatic nitrogens is 1. The molecule has 0 aliphatic carbocycles. The van der Waals surface area contributed by atoms with E-state index in [1.165, 1.54) is 0 Å². The molecule has 0 saturated carbocycles. The summed E-state index contributed by atoms with van der Waals surface area (Å²) in [6, 6.07) is 7.74. The molecule has 1 aliphatic heterocycles. The van der Waals surface area contributed by atoms with Gasteiger partial charge in [0.15, 0.2) is 0 Å². The van der Waals surface area contributed by atoms with Crippen molar-refractivity contribution >= 4 is 11.4 Å². The molecule has 21 heavy (non-hydrogen) atoms. The number of carbonyl (C=O) groups excluding carboxylic acids is 1. The molecule has 0 bridgehead atoms. The van der Waals surface area contributed by atoms with E-state index >= 15 is 0 Å². The minimum absolute atomic E-state index is 0.0700. The Kier molecular flexibility index (Phi) is 4.52. The Bertz CT molecular complexity index is 569. The van der Waals surface area contributed by atoms with Crippen LogP contribution < -0.4 is 5.32 Å². The van der Waals surface area contributed by atoms with Gasteiger partial charge in [-0.15, -0.1) is 0 Å². The summed E-state index contributed by atoms with van der Waals surface area (Å²) in [5.74, 6) is -0.0700. The molecule has 112 valence electrons. The van der Waals surface area contributed by atoms with Gasteiger partial charge in [-0.05, 0) is 31.0 Å². The lowest BCUT2D eigenvalue weighted by Crippen LogP contribution is -2.28. The first kappa shape index (κ1) is 14.1. The molecule has 3 heterocycles. The summed E-state index contributed by atoms with van der Waals surface area (Å²) >= 11 is 0. The second-order valence-corrected chi connectivity index (χ2v) is 5.23. The normalized spacial score (nSPS) is 18.2. The molecule has 1 N–H and O–H groups in total. The molecule has 5 nitrogen and oxygen atoms in total. The Hall–Kier alpha value is -1.85. The van der Waals surface area contributed by atoms with E-state index in [9.17, 15) is 4.79 Å². The zero-order chi connectivity index (χ0) is 14.5. The zero-order valence-corrected chi connectivity index (χ0v) is 12.0. The molecular formula is C16H20N2O3. The van der Waals surface area contributed by atoms with Crippen LogP contribution in [0.3, 0.4) is 0 Å². The van der Waals surface area contributed by atoms with E-state index in [-0.39, 0.29) is 12.0 Å². The number of hydrogen-bond donors (Lipinski definition) is 1. The van der Waals surface area contributed by atoms with E-state index in [4.69, 9.17) is 9.47 Å². The molecule has 5 heteroatoms. The fourth-order valence-corrected chi connectivity index (χ4v) is 2.51. The van der Waals surface area contributed by atoms with E-state index in [0.29, 0.717) is 25.3 Å². The van der Waals surface area contributed by atoms with Crippen LogP contribution in [0.1, 0.15) is 23.2 Å². The third-order valence-corrected chi connectivity index (χ3v) is 3.63. The van der Waals surface area contributed by atoms with Gasteiger partial charge in [-0.25, -0.2) is 0 Å². The largest absolute Gasteiger partial charge is 0.377 e. The minimum Gasteiger partial charge on any atom is -0.377 e. The fourth-order valence-electron chi connectivity index (χ4n) is 2.51. The molecule has 1 aliphatic rings. The third-order valence-electron chi connectivity index (χ3n) is 3.63. The van der Waals surface area contributed by atoms with Gasteiger partial charge >= 0.3 is 0 Å². The van der Waals surface area contributed by atoms with Gasteiger partial charge in [0.05, 0.1) is 24.9 Å². The van der Waals surface area contributed by atoms with Gasteiger partial charge in [0, 0.05) is 31.1 Å². The lowest BCUT2D eigenvalue weighted by atomic mass is 10.2. The Balaban J connectivity index is 1.41. The number of hydrogen-bond acceptors (Lipinski definition) is 3. The quantitative estimate of drug-likeness (QED) is 0.826. The van der Waals surface area contributed by atoms with E-state index < -0.39 is 0 Å². The molecule has 0 unspecified atom stereocenters. The van der Waals surface area contributed by atoms with Gasteiger partial charge in [-0.2, -0.15) is 0 Å². The van der Waals surface area contributed by atoms with E-state index in [2.05, 4.69) is 5.32 Å². The molecule has 0 aromatic carbocycles. The third kappa shape index (κ3) is 3.62. The standard InChI is InChI=1S/C16H20N2O3/c19-16(13-10-14-4-1-2-7-18(14)11-13)17-6-9-20-12-15-5-3-8-21-15/h1-2,4,7,10-11,15H,3,5-6,8-9,12H2,(H,17,19)/t15-/m0/s1. The molecule has 1 fully saturated rings. The second kappa shape index (κ2) is 6.74. The van der Waals surface area contributed by atoms with Crippen molar-refractivity contribution in [1.82, 2.24) is 9.72 Å². The van der Waals surface area contributed by atoms with Crippen molar-refractivity contribution in [2.24, 2.45) is 0 Å². The molecule has 1 saturated heterocycles. The van der Waals surface area contributed by atoms with Crippen LogP contribution >= 0.6 is 0 Å². The molecule has 1 amide bonds. The number of amides is 1. The number of nitrogens with one attached hydrogen (secondary N) is 1. The van der Waals surface area contributed by atoms with Crippen molar-refractivity contribution < 1.29 is 14.3 Å². The smallest absolute Gasteiger partial charge is 0.252 e. The van der Waals surface area contributed by atoms with Crippen LogP contribution in [0.15, 0.2) is 36.7 Å². The summed E-state index contributed by atoms with van der Waals surface area (Å²) < 4.78 is 12.9. The molecule has 2 aromatic heterocycles. The van der Waals surface area contributed by atoms with Crippen LogP contribution in [0.25, 0.3) is 5.52 Å². The monoisotopic (exact) mass is 288 g/mol. The van der Waals surface area contributed by atoms with Crippen molar-refractivity contribution in [1.29, 1.82) is 0 Å². The maximum absolute atomic E-state index is 12.0. The number of rotatable bonds is 6. The summed E-state index contributed by atoms with van der Waals surface area (Å²) in [5.41, 5.74) is 1.68. The number of ether oxygens (including phenoxy) is 2. The van der Waals surface area contributed by atoms with Gasteiger partial charge in [0.1, 0.15) is 0 Å². The highest BCUT2D eigenvalue weighted by Crippen LogP contribution is 2.12. The second-order valence-electron chi connectivity index (χ2n) is 5.23. The van der Waals surface area contributed by atoms with Crippen LogP contribution in [0.5, 0.6) is 0 Å². The SMILES string of the molecule is O=C(NCCOC[C@@H]1CCCO1)c1cc2ccccn2c1. The van der Waals surface area contributed by atoms with Gasteiger partial charge in [0.2, 0.25) is 0 Å². The number of fused-ring (bicyclic) bond motifs is 1.